The molecule has 0 atom stereocenters. The second kappa shape index (κ2) is 8.69. The predicted molar refractivity (Wildman–Crippen MR) is 118 cm³/mol. The molecule has 0 radical (unpaired) electrons. The Morgan fingerprint density at radius 1 is 1.20 bits per heavy atom. The minimum Gasteiger partial charge on any atom is -0.462 e. The summed E-state index contributed by atoms with van der Waals surface area (Å²) in [5.74, 6) is 1.32. The number of anilines is 1. The molecule has 1 saturated carbocycles. The number of nitrogens with zero attached hydrogens (tertiary/aromatic N) is 3. The number of hydrogen-bond donors (Lipinski definition) is 1. The largest absolute Gasteiger partial charge is 0.462 e. The fourth-order valence-corrected chi connectivity index (χ4v) is 3.30. The van der Waals surface area contributed by atoms with Crippen molar-refractivity contribution in [3.63, 3.8) is 0 Å². The third kappa shape index (κ3) is 4.53. The van der Waals surface area contributed by atoms with E-state index in [9.17, 15) is 4.79 Å². The van der Waals surface area contributed by atoms with Gasteiger partial charge >= 0.3 is 6.01 Å². The molecule has 1 aromatic heterocycles. The normalized spacial score (nSPS) is 13.9. The van der Waals surface area contributed by atoms with E-state index >= 15 is 0 Å². The summed E-state index contributed by atoms with van der Waals surface area (Å²) < 4.78 is 7.57. The molecule has 0 unspecified atom stereocenters. The minimum atomic E-state index is 0.0942. The van der Waals surface area contributed by atoms with E-state index in [-0.39, 0.29) is 11.8 Å². The van der Waals surface area contributed by atoms with E-state index in [2.05, 4.69) is 48.3 Å². The highest BCUT2D eigenvalue weighted by Crippen LogP contribution is 2.29. The zero-order valence-electron chi connectivity index (χ0n) is 17.8. The summed E-state index contributed by atoms with van der Waals surface area (Å²) >= 11 is 0. The van der Waals surface area contributed by atoms with Gasteiger partial charge in [-0.15, -0.1) is 5.10 Å². The number of amides is 1. The molecular formula is C24H28N4O2. The van der Waals surface area contributed by atoms with E-state index in [0.29, 0.717) is 24.4 Å². The molecule has 0 spiro atoms. The number of carbonyl (C=O) groups is 1. The van der Waals surface area contributed by atoms with Gasteiger partial charge in [0.25, 0.3) is 0 Å². The van der Waals surface area contributed by atoms with Crippen LogP contribution in [0, 0.1) is 18.8 Å². The molecule has 0 saturated heterocycles. The van der Waals surface area contributed by atoms with Crippen LogP contribution < -0.4 is 10.1 Å². The fraction of sp³-hybridized carbons (Fsp3) is 0.375. The van der Waals surface area contributed by atoms with Gasteiger partial charge in [-0.1, -0.05) is 56.2 Å². The van der Waals surface area contributed by atoms with Gasteiger partial charge < -0.3 is 10.1 Å². The monoisotopic (exact) mass is 404 g/mol. The Balaban J connectivity index is 1.66. The van der Waals surface area contributed by atoms with Crippen LogP contribution in [0.1, 0.15) is 38.7 Å². The molecule has 156 valence electrons. The molecular weight excluding hydrogens is 376 g/mol. The van der Waals surface area contributed by atoms with Crippen LogP contribution in [0.25, 0.3) is 17.1 Å². The number of hydrogen-bond acceptors (Lipinski definition) is 4. The molecule has 1 aliphatic rings. The molecule has 6 nitrogen and oxygen atoms in total. The second-order valence-electron chi connectivity index (χ2n) is 8.37. The summed E-state index contributed by atoms with van der Waals surface area (Å²) in [6.45, 7) is 6.78. The summed E-state index contributed by atoms with van der Waals surface area (Å²) in [5.41, 5.74) is 3.72. The summed E-state index contributed by atoms with van der Waals surface area (Å²) in [4.78, 5) is 17.0. The first kappa shape index (κ1) is 20.1. The molecule has 4 rings (SSSR count). The van der Waals surface area contributed by atoms with Crippen LogP contribution in [-0.2, 0) is 4.79 Å². The van der Waals surface area contributed by atoms with Crippen LogP contribution in [-0.4, -0.2) is 27.3 Å². The van der Waals surface area contributed by atoms with Crippen molar-refractivity contribution in [2.75, 3.05) is 11.9 Å². The van der Waals surface area contributed by atoms with Crippen molar-refractivity contribution in [1.29, 1.82) is 0 Å². The van der Waals surface area contributed by atoms with Gasteiger partial charge in [-0.3, -0.25) is 4.79 Å². The molecule has 1 amide bonds. The summed E-state index contributed by atoms with van der Waals surface area (Å²) in [6, 6.07) is 16.2. The first-order chi connectivity index (χ1) is 14.5. The lowest BCUT2D eigenvalue weighted by atomic mass is 9.85. The Kier molecular flexibility index (Phi) is 5.84. The van der Waals surface area contributed by atoms with E-state index < -0.39 is 0 Å². The minimum absolute atomic E-state index is 0.0942. The van der Waals surface area contributed by atoms with Gasteiger partial charge in [0.1, 0.15) is 0 Å². The number of ether oxygens (including phenoxy) is 1. The molecule has 1 heterocycles. The van der Waals surface area contributed by atoms with Crippen molar-refractivity contribution in [3.8, 4) is 23.1 Å². The molecule has 1 N–H and O–H groups in total. The van der Waals surface area contributed by atoms with Crippen LogP contribution in [0.15, 0.2) is 48.5 Å². The highest BCUT2D eigenvalue weighted by molar-refractivity contribution is 5.93. The Morgan fingerprint density at radius 2 is 1.97 bits per heavy atom. The molecule has 3 aromatic rings. The quantitative estimate of drug-likeness (QED) is 0.601. The molecule has 30 heavy (non-hydrogen) atoms. The smallest absolute Gasteiger partial charge is 0.336 e. The van der Waals surface area contributed by atoms with Crippen molar-refractivity contribution in [1.82, 2.24) is 14.8 Å². The third-order valence-electron chi connectivity index (χ3n) is 5.28. The topological polar surface area (TPSA) is 69.0 Å². The van der Waals surface area contributed by atoms with Gasteiger partial charge in [0.05, 0.1) is 12.3 Å². The molecule has 0 bridgehead atoms. The van der Waals surface area contributed by atoms with Gasteiger partial charge in [0, 0.05) is 17.2 Å². The lowest BCUT2D eigenvalue weighted by Gasteiger charge is -2.24. The highest BCUT2D eigenvalue weighted by atomic mass is 16.5. The van der Waals surface area contributed by atoms with Gasteiger partial charge in [-0.05, 0) is 43.9 Å². The van der Waals surface area contributed by atoms with Crippen molar-refractivity contribution in [3.05, 3.63) is 54.1 Å². The maximum atomic E-state index is 12.4. The number of nitrogens with one attached hydrogen (secondary N) is 1. The van der Waals surface area contributed by atoms with Crippen molar-refractivity contribution in [2.24, 2.45) is 11.8 Å². The molecule has 6 heteroatoms. The summed E-state index contributed by atoms with van der Waals surface area (Å²) in [5, 5.41) is 7.64. The zero-order valence-corrected chi connectivity index (χ0v) is 17.8. The molecule has 1 fully saturated rings. The Bertz CT molecular complexity index is 1020. The standard InChI is InChI=1S/C24H28N4O2/c1-16(2)15-30-24-26-22(18-12-10-17(3)11-13-18)28(27-24)21-9-5-8-20(14-21)25-23(29)19-6-4-7-19/h5,8-14,16,19H,4,6-7,15H2,1-3H3,(H,25,29). The van der Waals surface area contributed by atoms with E-state index in [0.717, 1.165) is 36.2 Å². The third-order valence-corrected chi connectivity index (χ3v) is 5.28. The Labute approximate surface area is 177 Å². The van der Waals surface area contributed by atoms with Crippen LogP contribution >= 0.6 is 0 Å². The lowest BCUT2D eigenvalue weighted by molar-refractivity contribution is -0.122. The lowest BCUT2D eigenvalue weighted by Crippen LogP contribution is -2.28. The average Bonchev–Trinajstić information content (AvgIpc) is 3.10. The van der Waals surface area contributed by atoms with Gasteiger partial charge in [0.2, 0.25) is 5.91 Å². The van der Waals surface area contributed by atoms with E-state index in [4.69, 9.17) is 4.74 Å². The number of aromatic nitrogens is 3. The maximum absolute atomic E-state index is 12.4. The number of aryl methyl sites for hydroxylation is 1. The van der Waals surface area contributed by atoms with Crippen molar-refractivity contribution in [2.45, 2.75) is 40.0 Å². The van der Waals surface area contributed by atoms with Crippen LogP contribution in [0.4, 0.5) is 5.69 Å². The van der Waals surface area contributed by atoms with Crippen LogP contribution in [0.5, 0.6) is 6.01 Å². The SMILES string of the molecule is Cc1ccc(-c2nc(OCC(C)C)nn2-c2cccc(NC(=O)C3CCC3)c2)cc1. The van der Waals surface area contributed by atoms with E-state index in [1.165, 1.54) is 5.56 Å². The fourth-order valence-electron chi connectivity index (χ4n) is 3.30. The number of carbonyl (C=O) groups excluding carboxylic acids is 1. The van der Waals surface area contributed by atoms with Crippen molar-refractivity contribution >= 4 is 11.6 Å². The molecule has 1 aliphatic carbocycles. The first-order valence-corrected chi connectivity index (χ1v) is 10.6. The maximum Gasteiger partial charge on any atom is 0.336 e. The molecule has 0 aliphatic heterocycles. The van der Waals surface area contributed by atoms with Gasteiger partial charge in [-0.2, -0.15) is 4.98 Å². The van der Waals surface area contributed by atoms with Crippen LogP contribution in [0.3, 0.4) is 0 Å². The number of benzene rings is 2. The highest BCUT2D eigenvalue weighted by Gasteiger charge is 2.25. The Hall–Kier alpha value is -3.15. The Morgan fingerprint density at radius 3 is 2.63 bits per heavy atom. The van der Waals surface area contributed by atoms with Gasteiger partial charge in [0.15, 0.2) is 5.82 Å². The first-order valence-electron chi connectivity index (χ1n) is 10.6. The van der Waals surface area contributed by atoms with Crippen LogP contribution in [0.2, 0.25) is 0 Å². The van der Waals surface area contributed by atoms with E-state index in [1.54, 1.807) is 4.68 Å². The summed E-state index contributed by atoms with van der Waals surface area (Å²) in [7, 11) is 0. The van der Waals surface area contributed by atoms with E-state index in [1.807, 2.05) is 36.4 Å². The summed E-state index contributed by atoms with van der Waals surface area (Å²) in [6.07, 6.45) is 3.08. The predicted octanol–water partition coefficient (Wildman–Crippen LogP) is 5.02. The number of rotatable bonds is 7. The molecule has 2 aromatic carbocycles. The van der Waals surface area contributed by atoms with Crippen molar-refractivity contribution < 1.29 is 9.53 Å². The average molecular weight is 405 g/mol. The zero-order chi connectivity index (χ0) is 21.1. The van der Waals surface area contributed by atoms with Gasteiger partial charge in [-0.25, -0.2) is 4.68 Å². The second-order valence-corrected chi connectivity index (χ2v) is 8.37.